The maximum absolute atomic E-state index is 13.5. The minimum Gasteiger partial charge on any atom is -0.329 e. The highest BCUT2D eigenvalue weighted by atomic mass is 79.9. The van der Waals surface area contributed by atoms with E-state index in [0.29, 0.717) is 0 Å². The van der Waals surface area contributed by atoms with Crippen molar-refractivity contribution in [3.8, 4) is 0 Å². The van der Waals surface area contributed by atoms with E-state index in [1.54, 1.807) is 13.8 Å². The quantitative estimate of drug-likeness (QED) is 0.222. The zero-order chi connectivity index (χ0) is 18.1. The van der Waals surface area contributed by atoms with Crippen LogP contribution in [-0.2, 0) is 13.6 Å². The average Bonchev–Trinajstić information content (AvgIpc) is 3.25. The molecule has 7 heteroatoms. The molecule has 0 aromatic heterocycles. The summed E-state index contributed by atoms with van der Waals surface area (Å²) in [6.07, 6.45) is 0. The lowest BCUT2D eigenvalue weighted by Crippen LogP contribution is -2.16. The van der Waals surface area contributed by atoms with Crippen LogP contribution in [0.4, 0.5) is 5.69 Å². The van der Waals surface area contributed by atoms with Crippen molar-refractivity contribution >= 4 is 40.8 Å². The number of hydrogen-bond donors (Lipinski definition) is 0. The smallest absolute Gasteiger partial charge is 0.329 e. The van der Waals surface area contributed by atoms with Gasteiger partial charge in [-0.05, 0) is 43.7 Å². The fraction of sp³-hybridized carbons (Fsp3) is 0.333. The van der Waals surface area contributed by atoms with Crippen LogP contribution >= 0.6 is 35.1 Å². The number of rotatable bonds is 7. The lowest BCUT2D eigenvalue weighted by Gasteiger charge is -2.22. The summed E-state index contributed by atoms with van der Waals surface area (Å²) >= 11 is 10.4. The monoisotopic (exact) mass is 443 g/mol. The highest BCUT2D eigenvalue weighted by molar-refractivity contribution is 9.10. The van der Waals surface area contributed by atoms with Gasteiger partial charge in [0, 0.05) is 10.2 Å². The Morgan fingerprint density at radius 2 is 1.64 bits per heavy atom. The van der Waals surface area contributed by atoms with E-state index in [1.807, 2.05) is 59.5 Å². The normalized spacial score (nSPS) is 22.9. The lowest BCUT2D eigenvalue weighted by atomic mass is 10.1. The van der Waals surface area contributed by atoms with Gasteiger partial charge in [0.15, 0.2) is 0 Å². The van der Waals surface area contributed by atoms with Crippen molar-refractivity contribution in [2.24, 2.45) is 0 Å². The van der Waals surface area contributed by atoms with Crippen LogP contribution in [0.2, 0.25) is 0 Å². The van der Waals surface area contributed by atoms with Gasteiger partial charge in [-0.25, -0.2) is 0 Å². The van der Waals surface area contributed by atoms with Gasteiger partial charge in [-0.1, -0.05) is 57.9 Å². The second-order valence-corrected chi connectivity index (χ2v) is 9.58. The van der Waals surface area contributed by atoms with E-state index in [9.17, 15) is 4.57 Å². The first-order chi connectivity index (χ1) is 12.0. The molecule has 3 rings (SSSR count). The third-order valence-electron chi connectivity index (χ3n) is 4.08. The maximum Gasteiger partial charge on any atom is 0.373 e. The number of halogens is 2. The van der Waals surface area contributed by atoms with Gasteiger partial charge in [0.1, 0.15) is 6.04 Å². The van der Waals surface area contributed by atoms with Crippen molar-refractivity contribution in [2.45, 2.75) is 24.6 Å². The lowest BCUT2D eigenvalue weighted by molar-refractivity contribution is 0.216. The van der Waals surface area contributed by atoms with Gasteiger partial charge >= 0.3 is 7.60 Å². The first-order valence-electron chi connectivity index (χ1n) is 8.16. The van der Waals surface area contributed by atoms with Crippen LogP contribution in [-0.4, -0.2) is 18.0 Å². The molecule has 0 amide bonds. The zero-order valence-electron chi connectivity index (χ0n) is 14.1. The minimum absolute atomic E-state index is 0.265. The first-order valence-corrected chi connectivity index (χ1v) is 10.9. The Labute approximate surface area is 161 Å². The molecule has 2 aromatic rings. The summed E-state index contributed by atoms with van der Waals surface area (Å²) in [6.45, 7) is 4.11. The van der Waals surface area contributed by atoms with Crippen molar-refractivity contribution in [3.05, 3.63) is 64.6 Å². The van der Waals surface area contributed by atoms with Crippen LogP contribution in [0, 0.1) is 0 Å². The van der Waals surface area contributed by atoms with Gasteiger partial charge < -0.3 is 13.9 Å². The molecule has 1 aliphatic rings. The standard InChI is InChI=1S/C18H20BrClNO3P/c1-3-23-25(22,24-4-2)18(20)17(14-8-6-5-7-9-14)21(18)16-12-10-15(19)11-13-16/h5-13,17H,3-4H2,1-2H3. The predicted octanol–water partition coefficient (Wildman–Crippen LogP) is 6.17. The molecular weight excluding hydrogens is 425 g/mol. The van der Waals surface area contributed by atoms with E-state index >= 15 is 0 Å². The van der Waals surface area contributed by atoms with E-state index in [1.165, 1.54) is 0 Å². The molecule has 1 heterocycles. The Balaban J connectivity index is 2.07. The van der Waals surface area contributed by atoms with E-state index in [4.69, 9.17) is 20.6 Å². The third kappa shape index (κ3) is 3.29. The van der Waals surface area contributed by atoms with E-state index < -0.39 is 12.3 Å². The summed E-state index contributed by atoms with van der Waals surface area (Å²) in [5.41, 5.74) is 1.84. The average molecular weight is 445 g/mol. The predicted molar refractivity (Wildman–Crippen MR) is 105 cm³/mol. The van der Waals surface area contributed by atoms with Gasteiger partial charge in [-0.3, -0.25) is 4.57 Å². The van der Waals surface area contributed by atoms with Crippen LogP contribution in [0.3, 0.4) is 0 Å². The molecule has 0 aliphatic carbocycles. The molecular formula is C18H20BrClNO3P. The summed E-state index contributed by atoms with van der Waals surface area (Å²) in [4.78, 5) is 1.91. The molecule has 25 heavy (non-hydrogen) atoms. The summed E-state index contributed by atoms with van der Waals surface area (Å²) in [7, 11) is -3.57. The Hall–Kier alpha value is -0.840. The fourth-order valence-corrected chi connectivity index (χ4v) is 6.07. The second kappa shape index (κ2) is 7.42. The molecule has 0 N–H and O–H groups in total. The summed E-state index contributed by atoms with van der Waals surface area (Å²) in [6, 6.07) is 17.2. The summed E-state index contributed by atoms with van der Waals surface area (Å²) < 4.78 is 24.4. The number of nitrogens with zero attached hydrogens (tertiary/aromatic N) is 1. The van der Waals surface area contributed by atoms with E-state index in [0.717, 1.165) is 15.7 Å². The van der Waals surface area contributed by atoms with Crippen molar-refractivity contribution in [1.82, 2.24) is 0 Å². The molecule has 1 saturated heterocycles. The van der Waals surface area contributed by atoms with Crippen molar-refractivity contribution in [1.29, 1.82) is 0 Å². The molecule has 2 aromatic carbocycles. The van der Waals surface area contributed by atoms with Crippen LogP contribution in [0.5, 0.6) is 0 Å². The van der Waals surface area contributed by atoms with Crippen LogP contribution < -0.4 is 4.90 Å². The Morgan fingerprint density at radius 3 is 2.16 bits per heavy atom. The molecule has 0 saturated carbocycles. The molecule has 1 aliphatic heterocycles. The Bertz CT molecular complexity index is 764. The second-order valence-electron chi connectivity index (χ2n) is 5.63. The Morgan fingerprint density at radius 1 is 1.08 bits per heavy atom. The Kier molecular flexibility index (Phi) is 5.62. The number of benzene rings is 2. The van der Waals surface area contributed by atoms with E-state index in [-0.39, 0.29) is 19.3 Å². The highest BCUT2D eigenvalue weighted by Crippen LogP contribution is 2.79. The molecule has 2 unspecified atom stereocenters. The zero-order valence-corrected chi connectivity index (χ0v) is 17.3. The van der Waals surface area contributed by atoms with Crippen LogP contribution in [0.1, 0.15) is 25.5 Å². The maximum atomic E-state index is 13.5. The van der Waals surface area contributed by atoms with E-state index in [2.05, 4.69) is 15.9 Å². The topological polar surface area (TPSA) is 38.5 Å². The largest absolute Gasteiger partial charge is 0.373 e. The molecule has 4 nitrogen and oxygen atoms in total. The summed E-state index contributed by atoms with van der Waals surface area (Å²) in [5.74, 6) is 0. The van der Waals surface area contributed by atoms with Gasteiger partial charge in [-0.15, -0.1) is 0 Å². The number of anilines is 1. The van der Waals surface area contributed by atoms with Gasteiger partial charge in [-0.2, -0.15) is 0 Å². The van der Waals surface area contributed by atoms with Crippen molar-refractivity contribution < 1.29 is 13.6 Å². The molecule has 0 spiro atoms. The van der Waals surface area contributed by atoms with Gasteiger partial charge in [0.05, 0.1) is 13.2 Å². The SMILES string of the molecule is CCOP(=O)(OCC)C1(Cl)C(c2ccccc2)N1c1ccc(Br)cc1. The minimum atomic E-state index is -3.57. The molecule has 0 radical (unpaired) electrons. The first kappa shape index (κ1) is 18.9. The van der Waals surface area contributed by atoms with Crippen molar-refractivity contribution in [3.63, 3.8) is 0 Å². The van der Waals surface area contributed by atoms with Gasteiger partial charge in [0.25, 0.3) is 0 Å². The summed E-state index contributed by atoms with van der Waals surface area (Å²) in [5, 5.41) is 0. The van der Waals surface area contributed by atoms with Crippen LogP contribution in [0.15, 0.2) is 59.1 Å². The number of hydrogen-bond acceptors (Lipinski definition) is 4. The highest BCUT2D eigenvalue weighted by Gasteiger charge is 2.75. The molecule has 2 atom stereocenters. The third-order valence-corrected chi connectivity index (χ3v) is 8.04. The van der Waals surface area contributed by atoms with Crippen molar-refractivity contribution in [2.75, 3.05) is 18.1 Å². The molecule has 134 valence electrons. The number of alkyl halides is 1. The molecule has 0 bridgehead atoms. The fourth-order valence-electron chi connectivity index (χ4n) is 3.03. The van der Waals surface area contributed by atoms with Crippen LogP contribution in [0.25, 0.3) is 0 Å². The van der Waals surface area contributed by atoms with Gasteiger partial charge in [0.2, 0.25) is 4.74 Å². The molecule has 1 fully saturated rings.